The number of rotatable bonds is 3. The molecule has 1 nitrogen and oxygen atoms in total. The third-order valence-corrected chi connectivity index (χ3v) is 4.77. The topological polar surface area (TPSA) is 12.9 Å². The molecule has 0 saturated carbocycles. The zero-order chi connectivity index (χ0) is 15.5. The maximum atomic E-state index is 6.13. The van der Waals surface area contributed by atoms with Gasteiger partial charge in [-0.2, -0.15) is 0 Å². The van der Waals surface area contributed by atoms with E-state index in [1.807, 2.05) is 30.3 Å². The van der Waals surface area contributed by atoms with Crippen molar-refractivity contribution < 1.29 is 0 Å². The minimum atomic E-state index is 0.539. The predicted molar refractivity (Wildman–Crippen MR) is 96.9 cm³/mol. The van der Waals surface area contributed by atoms with Crippen molar-refractivity contribution in [3.63, 3.8) is 0 Å². The second-order valence-corrected chi connectivity index (χ2v) is 6.47. The van der Waals surface area contributed by atoms with Gasteiger partial charge >= 0.3 is 0 Å². The number of thioether (sulfide) groups is 1. The Morgan fingerprint density at radius 1 is 0.773 bits per heavy atom. The summed E-state index contributed by atoms with van der Waals surface area (Å²) in [7, 11) is 0. The molecule has 0 bridgehead atoms. The highest BCUT2D eigenvalue weighted by Gasteiger charge is 2.08. The molecular formula is C18H13Cl2NS. The van der Waals surface area contributed by atoms with E-state index in [1.54, 1.807) is 17.8 Å². The van der Waals surface area contributed by atoms with Crippen LogP contribution in [0.15, 0.2) is 65.6 Å². The van der Waals surface area contributed by atoms with Crippen LogP contribution in [0.25, 0.3) is 22.5 Å². The van der Waals surface area contributed by atoms with E-state index in [0.717, 1.165) is 27.4 Å². The fourth-order valence-corrected chi connectivity index (χ4v) is 2.94. The molecule has 0 amide bonds. The van der Waals surface area contributed by atoms with Gasteiger partial charge in [-0.05, 0) is 30.5 Å². The molecule has 0 radical (unpaired) electrons. The van der Waals surface area contributed by atoms with Crippen LogP contribution in [0, 0.1) is 0 Å². The zero-order valence-corrected chi connectivity index (χ0v) is 14.2. The first-order valence-corrected chi connectivity index (χ1v) is 8.72. The molecule has 0 unspecified atom stereocenters. The lowest BCUT2D eigenvalue weighted by Gasteiger charge is -2.09. The summed E-state index contributed by atoms with van der Waals surface area (Å²) in [5, 5.41) is 1.09. The summed E-state index contributed by atoms with van der Waals surface area (Å²) < 4.78 is 0. The van der Waals surface area contributed by atoms with Crippen LogP contribution in [-0.4, -0.2) is 11.2 Å². The van der Waals surface area contributed by atoms with Gasteiger partial charge in [-0.1, -0.05) is 59.6 Å². The predicted octanol–water partition coefficient (Wildman–Crippen LogP) is 6.44. The highest BCUT2D eigenvalue weighted by molar-refractivity contribution is 7.98. The van der Waals surface area contributed by atoms with Gasteiger partial charge in [-0.25, -0.2) is 4.98 Å². The van der Waals surface area contributed by atoms with Crippen LogP contribution < -0.4 is 0 Å². The maximum Gasteiger partial charge on any atom is 0.0721 e. The lowest BCUT2D eigenvalue weighted by Crippen LogP contribution is -1.90. The zero-order valence-electron chi connectivity index (χ0n) is 11.9. The Kier molecular flexibility index (Phi) is 4.72. The van der Waals surface area contributed by atoms with Crippen molar-refractivity contribution in [1.29, 1.82) is 0 Å². The monoisotopic (exact) mass is 345 g/mol. The van der Waals surface area contributed by atoms with Crippen molar-refractivity contribution in [2.45, 2.75) is 4.90 Å². The van der Waals surface area contributed by atoms with Crippen LogP contribution in [-0.2, 0) is 0 Å². The molecule has 0 spiro atoms. The lowest BCUT2D eigenvalue weighted by molar-refractivity contribution is 1.27. The molecule has 1 heterocycles. The first-order chi connectivity index (χ1) is 10.7. The van der Waals surface area contributed by atoms with Crippen LogP contribution in [0.3, 0.4) is 0 Å². The molecule has 22 heavy (non-hydrogen) atoms. The minimum absolute atomic E-state index is 0.539. The Bertz CT molecular complexity index is 803. The number of hydrogen-bond acceptors (Lipinski definition) is 2. The molecule has 0 saturated heterocycles. The van der Waals surface area contributed by atoms with Gasteiger partial charge in [-0.15, -0.1) is 11.8 Å². The van der Waals surface area contributed by atoms with E-state index < -0.39 is 0 Å². The Morgan fingerprint density at radius 2 is 1.45 bits per heavy atom. The first kappa shape index (κ1) is 15.4. The second kappa shape index (κ2) is 6.74. The van der Waals surface area contributed by atoms with Gasteiger partial charge in [0.25, 0.3) is 0 Å². The third-order valence-electron chi connectivity index (χ3n) is 3.32. The highest BCUT2D eigenvalue weighted by Crippen LogP contribution is 2.31. The van der Waals surface area contributed by atoms with Crippen LogP contribution in [0.1, 0.15) is 0 Å². The molecule has 3 rings (SSSR count). The van der Waals surface area contributed by atoms with Crippen LogP contribution in [0.2, 0.25) is 10.0 Å². The van der Waals surface area contributed by atoms with E-state index in [9.17, 15) is 0 Å². The molecule has 4 heteroatoms. The highest BCUT2D eigenvalue weighted by atomic mass is 35.5. The Hall–Kier alpha value is -1.48. The second-order valence-electron chi connectivity index (χ2n) is 4.77. The van der Waals surface area contributed by atoms with Gasteiger partial charge in [0, 0.05) is 16.0 Å². The molecule has 110 valence electrons. The molecule has 0 aliphatic rings. The van der Waals surface area contributed by atoms with Crippen LogP contribution in [0.5, 0.6) is 0 Å². The van der Waals surface area contributed by atoms with E-state index in [0.29, 0.717) is 10.0 Å². The van der Waals surface area contributed by atoms with Gasteiger partial charge in [0.2, 0.25) is 0 Å². The summed E-state index contributed by atoms with van der Waals surface area (Å²) in [6.45, 7) is 0. The summed E-state index contributed by atoms with van der Waals surface area (Å²) in [4.78, 5) is 5.94. The van der Waals surface area contributed by atoms with E-state index >= 15 is 0 Å². The quantitative estimate of drug-likeness (QED) is 0.506. The number of benzene rings is 2. The molecule has 0 atom stereocenters. The van der Waals surface area contributed by atoms with Crippen LogP contribution in [0.4, 0.5) is 0 Å². The van der Waals surface area contributed by atoms with Crippen molar-refractivity contribution in [2.75, 3.05) is 6.26 Å². The van der Waals surface area contributed by atoms with Crippen molar-refractivity contribution in [1.82, 2.24) is 4.98 Å². The largest absolute Gasteiger partial charge is 0.248 e. The fourth-order valence-electron chi connectivity index (χ4n) is 2.18. The average Bonchev–Trinajstić information content (AvgIpc) is 2.57. The number of aromatic nitrogens is 1. The number of hydrogen-bond donors (Lipinski definition) is 0. The van der Waals surface area contributed by atoms with Crippen LogP contribution >= 0.6 is 35.0 Å². The fraction of sp³-hybridized carbons (Fsp3) is 0.0556. The molecular weight excluding hydrogens is 333 g/mol. The van der Waals surface area contributed by atoms with Crippen molar-refractivity contribution in [3.05, 3.63) is 70.7 Å². The summed E-state index contributed by atoms with van der Waals surface area (Å²) >= 11 is 13.8. The van der Waals surface area contributed by atoms with E-state index in [1.165, 1.54) is 0 Å². The first-order valence-electron chi connectivity index (χ1n) is 6.74. The number of nitrogens with zero attached hydrogens (tertiary/aromatic N) is 1. The molecule has 1 aromatic heterocycles. The molecule has 0 fully saturated rings. The lowest BCUT2D eigenvalue weighted by atomic mass is 10.1. The van der Waals surface area contributed by atoms with E-state index in [-0.39, 0.29) is 0 Å². The van der Waals surface area contributed by atoms with Gasteiger partial charge in [0.15, 0.2) is 0 Å². The van der Waals surface area contributed by atoms with Crippen molar-refractivity contribution in [2.24, 2.45) is 0 Å². The molecule has 0 aliphatic carbocycles. The third kappa shape index (κ3) is 3.30. The standard InChI is InChI=1S/C18H13Cl2NS/c1-22-14-10-17(12-5-3-2-4-6-12)21-18(11-14)13-7-8-15(19)16(20)9-13/h2-11H,1H3. The number of halogens is 2. The van der Waals surface area contributed by atoms with E-state index in [4.69, 9.17) is 28.2 Å². The SMILES string of the molecule is CSc1cc(-c2ccccc2)nc(-c2ccc(Cl)c(Cl)c2)c1. The van der Waals surface area contributed by atoms with Crippen molar-refractivity contribution in [3.8, 4) is 22.5 Å². The smallest absolute Gasteiger partial charge is 0.0721 e. The van der Waals surface area contributed by atoms with Gasteiger partial charge < -0.3 is 0 Å². The van der Waals surface area contributed by atoms with Crippen molar-refractivity contribution >= 4 is 35.0 Å². The molecule has 0 N–H and O–H groups in total. The summed E-state index contributed by atoms with van der Waals surface area (Å²) in [6, 6.07) is 19.9. The number of pyridine rings is 1. The minimum Gasteiger partial charge on any atom is -0.248 e. The Morgan fingerprint density at radius 3 is 2.09 bits per heavy atom. The Balaban J connectivity index is 2.13. The van der Waals surface area contributed by atoms with Gasteiger partial charge in [-0.3, -0.25) is 0 Å². The normalized spacial score (nSPS) is 10.7. The summed E-state index contributed by atoms with van der Waals surface area (Å²) in [6.07, 6.45) is 2.06. The average molecular weight is 346 g/mol. The maximum absolute atomic E-state index is 6.13. The molecule has 2 aromatic carbocycles. The van der Waals surface area contributed by atoms with Gasteiger partial charge in [0.05, 0.1) is 21.4 Å². The molecule has 3 aromatic rings. The van der Waals surface area contributed by atoms with E-state index in [2.05, 4.69) is 30.5 Å². The molecule has 0 aliphatic heterocycles. The summed E-state index contributed by atoms with van der Waals surface area (Å²) in [5.41, 5.74) is 3.90. The Labute approximate surface area is 144 Å². The van der Waals surface area contributed by atoms with Gasteiger partial charge in [0.1, 0.15) is 0 Å². The summed E-state index contributed by atoms with van der Waals surface area (Å²) in [5.74, 6) is 0.